The van der Waals surface area contributed by atoms with Crippen molar-refractivity contribution < 1.29 is 37.0 Å². The van der Waals surface area contributed by atoms with E-state index < -0.39 is 13.5 Å². The molecule has 0 radical (unpaired) electrons. The molecule has 5 rings (SSSR count). The molecule has 0 bridgehead atoms. The number of fused-ring (bicyclic) bond motifs is 1. The third-order valence-electron chi connectivity index (χ3n) is 8.38. The summed E-state index contributed by atoms with van der Waals surface area (Å²) in [7, 11) is 17.9. The predicted octanol–water partition coefficient (Wildman–Crippen LogP) is 9.87. The molecule has 8 heteroatoms. The number of aliphatic hydroxyl groups is 1. The molecule has 1 N–H and O–H groups in total. The third-order valence-corrected chi connectivity index (χ3v) is 11.5. The Morgan fingerprint density at radius 3 is 1.96 bits per heavy atom. The molecule has 0 saturated heterocycles. The molecule has 256 valence electrons. The van der Waals surface area contributed by atoms with Gasteiger partial charge < -0.3 is 4.58 Å². The van der Waals surface area contributed by atoms with Crippen molar-refractivity contribution in [1.29, 1.82) is 0 Å². The fraction of sp³-hybridized carbons (Fsp3) is 0.436. The van der Waals surface area contributed by atoms with Crippen LogP contribution in [-0.2, 0) is 26.4 Å². The summed E-state index contributed by atoms with van der Waals surface area (Å²) in [5, 5.41) is 0. The molecule has 3 aromatic carbocycles. The number of nitrogens with zero attached hydrogens (tertiary/aromatic N) is 1. The summed E-state index contributed by atoms with van der Waals surface area (Å²) in [4.78, 5) is 0. The maximum absolute atomic E-state index is 6.44. The quantitative estimate of drug-likeness (QED) is 0.0943. The van der Waals surface area contributed by atoms with E-state index in [-0.39, 0.29) is 17.1 Å². The number of aromatic hydroxyl groups is 1. The van der Waals surface area contributed by atoms with E-state index >= 15 is 0 Å². The molecule has 1 aliphatic carbocycles. The van der Waals surface area contributed by atoms with Crippen LogP contribution in [0.2, 0.25) is 0 Å². The van der Waals surface area contributed by atoms with Crippen molar-refractivity contribution in [3.63, 3.8) is 0 Å². The van der Waals surface area contributed by atoms with Crippen LogP contribution in [0.15, 0.2) is 54.6 Å². The van der Waals surface area contributed by atoms with Gasteiger partial charge in [0.05, 0.1) is 5.69 Å². The van der Waals surface area contributed by atoms with E-state index in [9.17, 15) is 0 Å². The van der Waals surface area contributed by atoms with Gasteiger partial charge in [-0.25, -0.2) is 0 Å². The van der Waals surface area contributed by atoms with Crippen LogP contribution in [0.3, 0.4) is 0 Å². The molecule has 3 aromatic rings. The molecule has 0 spiro atoms. The Morgan fingerprint density at radius 2 is 1.51 bits per heavy atom. The summed E-state index contributed by atoms with van der Waals surface area (Å²) in [6.45, 7) is 17.7. The van der Waals surface area contributed by atoms with Crippen LogP contribution in [0, 0.1) is 5.41 Å². The molecule has 2 aliphatic rings. The first-order chi connectivity index (χ1) is 22.2. The number of rotatable bonds is 9. The van der Waals surface area contributed by atoms with Crippen molar-refractivity contribution >= 4 is 41.0 Å². The summed E-state index contributed by atoms with van der Waals surface area (Å²) >= 11 is -2.17. The predicted molar refractivity (Wildman–Crippen MR) is 195 cm³/mol. The molecule has 0 amide bonds. The van der Waals surface area contributed by atoms with E-state index in [2.05, 4.69) is 81.3 Å². The van der Waals surface area contributed by atoms with E-state index in [1.807, 2.05) is 44.2 Å². The first-order valence-electron chi connectivity index (χ1n) is 16.1. The van der Waals surface area contributed by atoms with Crippen molar-refractivity contribution in [3.8, 4) is 23.0 Å². The van der Waals surface area contributed by atoms with Gasteiger partial charge in [-0.2, -0.15) is 0 Å². The molecular weight excluding hydrogens is 718 g/mol. The molecule has 1 heterocycles. The standard InChI is InChI=1S/C21H22O4.C18H27N.2ClH.Ru/c1-13(2)25-17-11-20-18(6-7-19(20)21(12-17)24-5)14-8-15(22-3)10-16(9-14)23-4;1-7-14-10-9-11-15(8-2)16(14)19-13-17(3,4)12-18(19,5)6;;;/h6,8-13H,1-5H3;9-11H,7-8,12H2,1-6H3;2*1H;/q;;;;+2/p-1. The normalized spacial score (nSPS) is 16.1. The Bertz CT molecular complexity index is 1670. The maximum atomic E-state index is 6.44. The van der Waals surface area contributed by atoms with Crippen LogP contribution in [0.5, 0.6) is 23.0 Å². The zero-order valence-electron chi connectivity index (χ0n) is 29.6. The Labute approximate surface area is 295 Å². The summed E-state index contributed by atoms with van der Waals surface area (Å²) in [6, 6.07) is 16.5. The summed E-state index contributed by atoms with van der Waals surface area (Å²) in [5.41, 5.74) is 8.55. The van der Waals surface area contributed by atoms with Crippen molar-refractivity contribution in [2.24, 2.45) is 5.41 Å². The first-order valence-corrected chi connectivity index (χ1v) is 21.5. The van der Waals surface area contributed by atoms with E-state index in [4.69, 9.17) is 33.6 Å². The van der Waals surface area contributed by atoms with E-state index in [1.54, 1.807) is 21.3 Å². The van der Waals surface area contributed by atoms with Gasteiger partial charge in [0, 0.05) is 12.6 Å². The van der Waals surface area contributed by atoms with Gasteiger partial charge in [-0.3, -0.25) is 0 Å². The van der Waals surface area contributed by atoms with E-state index in [0.29, 0.717) is 11.5 Å². The number of benzene rings is 3. The number of hydrogen-bond acceptors (Lipinski definition) is 3. The Morgan fingerprint density at radius 1 is 0.915 bits per heavy atom. The molecule has 47 heavy (non-hydrogen) atoms. The second kappa shape index (κ2) is 15.3. The molecule has 0 atom stereocenters. The van der Waals surface area contributed by atoms with Gasteiger partial charge in [0.25, 0.3) is 0 Å². The number of methoxy groups -OCH3 is 2. The van der Waals surface area contributed by atoms with Gasteiger partial charge in [-0.15, -0.1) is 0 Å². The van der Waals surface area contributed by atoms with Gasteiger partial charge in [0.1, 0.15) is 5.54 Å². The summed E-state index contributed by atoms with van der Waals surface area (Å²) in [6.07, 6.45) is 9.15. The Hall–Kier alpha value is -2.66. The Balaban J connectivity index is 0.000000229. The molecule has 0 fully saturated rings. The van der Waals surface area contributed by atoms with Gasteiger partial charge in [0.15, 0.2) is 0 Å². The second-order valence-electron chi connectivity index (χ2n) is 13.4. The van der Waals surface area contributed by atoms with Gasteiger partial charge in [-0.05, 0) is 32.1 Å². The van der Waals surface area contributed by atoms with Crippen molar-refractivity contribution in [3.05, 3.63) is 82.4 Å². The fourth-order valence-corrected chi connectivity index (χ4v) is 9.14. The van der Waals surface area contributed by atoms with Crippen LogP contribution < -0.4 is 14.2 Å². The average molecular weight is 769 g/mol. The van der Waals surface area contributed by atoms with Crippen molar-refractivity contribution in [2.75, 3.05) is 21.3 Å². The molecule has 0 unspecified atom stereocenters. The SMILES string of the molecule is CCc1cccc(CC)c1[N+]1=[C-]C(C)(C)CC1(C)C.COc1cc(OC)cc(C2=C[C](=[Ru]([Cl])[Cl])c3c([OH+]C)cc(OC(C)C)cc32)c1. The number of allylic oxidation sites excluding steroid dienone is 1. The van der Waals surface area contributed by atoms with Crippen molar-refractivity contribution in [2.45, 2.75) is 86.3 Å². The average Bonchev–Trinajstić information content (AvgIpc) is 3.52. The zero-order chi connectivity index (χ0) is 34.7. The molecule has 1 aliphatic heterocycles. The summed E-state index contributed by atoms with van der Waals surface area (Å²) in [5.74, 6) is 3.01. The number of hydrogen-bond donors (Lipinski definition) is 0. The first kappa shape index (κ1) is 37.2. The number of halogens is 2. The van der Waals surface area contributed by atoms with Crippen LogP contribution in [0.4, 0.5) is 5.69 Å². The minimum absolute atomic E-state index is 0.0560. The number of aryl methyl sites for hydroxylation is 2. The van der Waals surface area contributed by atoms with Gasteiger partial charge in [0.2, 0.25) is 0 Å². The molecule has 0 saturated carbocycles. The van der Waals surface area contributed by atoms with Gasteiger partial charge >= 0.3 is 179 Å². The molecule has 5 nitrogen and oxygen atoms in total. The van der Waals surface area contributed by atoms with Crippen molar-refractivity contribution in [1.82, 2.24) is 0 Å². The zero-order valence-corrected chi connectivity index (χ0v) is 32.9. The minimum atomic E-state index is -2.17. The Kier molecular flexibility index (Phi) is 12.1. The van der Waals surface area contributed by atoms with Gasteiger partial charge in [-0.1, -0.05) is 57.0 Å². The number of para-hydroxylation sites is 1. The fourth-order valence-electron chi connectivity index (χ4n) is 6.67. The van der Waals surface area contributed by atoms with Crippen LogP contribution in [0.25, 0.3) is 5.57 Å². The van der Waals surface area contributed by atoms with E-state index in [1.165, 1.54) is 16.8 Å². The van der Waals surface area contributed by atoms with E-state index in [0.717, 1.165) is 57.1 Å². The third kappa shape index (κ3) is 8.32. The number of ether oxygens (including phenoxy) is 4. The van der Waals surface area contributed by atoms with Crippen LogP contribution in [-0.4, -0.2) is 52.6 Å². The van der Waals surface area contributed by atoms with Crippen LogP contribution in [0.1, 0.15) is 89.6 Å². The van der Waals surface area contributed by atoms with Crippen LogP contribution >= 0.6 is 19.4 Å². The molecule has 0 aromatic heterocycles. The topological polar surface area (TPSA) is 43.5 Å². The summed E-state index contributed by atoms with van der Waals surface area (Å²) < 4.78 is 24.7. The second-order valence-corrected chi connectivity index (χ2v) is 19.2. The monoisotopic (exact) mass is 768 g/mol. The molecular formula is C39H50Cl2NO4Ru+.